The van der Waals surface area contributed by atoms with Crippen molar-refractivity contribution in [3.63, 3.8) is 0 Å². The first-order valence-corrected chi connectivity index (χ1v) is 16.0. The maximum absolute atomic E-state index is 12.9. The SMILES string of the molecule is CC(=O)O[C@@H](C)C=CC(=O)N[C@@H]1C[C@H](C)[C@H](CC=C(C)C=C[C@H]2O[C@H](CC(=O)N3CCN(C)CC3)C[C@@]3(CO3)[C@@H]2O)O[C@@H]1C. The van der Waals surface area contributed by atoms with Crippen LogP contribution in [0.2, 0.25) is 0 Å². The van der Waals surface area contributed by atoms with Crippen LogP contribution < -0.4 is 5.32 Å². The summed E-state index contributed by atoms with van der Waals surface area (Å²) in [5.41, 5.74) is 0.398. The van der Waals surface area contributed by atoms with E-state index in [9.17, 15) is 19.5 Å². The van der Waals surface area contributed by atoms with Crippen LogP contribution in [-0.4, -0.2) is 121 Å². The average molecular weight is 618 g/mol. The lowest BCUT2D eigenvalue weighted by Crippen LogP contribution is -2.52. The number of likely N-dealkylation sites (N-methyl/N-ethyl adjacent to an activating group) is 1. The van der Waals surface area contributed by atoms with Crippen molar-refractivity contribution < 1.29 is 38.4 Å². The molecule has 9 atom stereocenters. The Morgan fingerprint density at radius 1 is 1.11 bits per heavy atom. The molecule has 0 radical (unpaired) electrons. The minimum atomic E-state index is -0.782. The van der Waals surface area contributed by atoms with E-state index in [1.807, 2.05) is 30.9 Å². The Kier molecular flexibility index (Phi) is 11.8. The van der Waals surface area contributed by atoms with Crippen molar-refractivity contribution in [3.8, 4) is 0 Å². The molecule has 246 valence electrons. The molecule has 2 amide bonds. The number of esters is 1. The van der Waals surface area contributed by atoms with Gasteiger partial charge in [0.2, 0.25) is 11.8 Å². The maximum atomic E-state index is 12.9. The van der Waals surface area contributed by atoms with E-state index in [4.69, 9.17) is 18.9 Å². The Bertz CT molecular complexity index is 1110. The van der Waals surface area contributed by atoms with Gasteiger partial charge in [0.1, 0.15) is 23.9 Å². The van der Waals surface area contributed by atoms with Gasteiger partial charge < -0.3 is 39.2 Å². The second-order valence-electron chi connectivity index (χ2n) is 13.0. The van der Waals surface area contributed by atoms with Crippen LogP contribution in [0.5, 0.6) is 0 Å². The monoisotopic (exact) mass is 617 g/mol. The lowest BCUT2D eigenvalue weighted by atomic mass is 9.87. The number of carbonyl (C=O) groups excluding carboxylic acids is 3. The summed E-state index contributed by atoms with van der Waals surface area (Å²) in [6, 6.07) is -0.120. The first kappa shape index (κ1) is 34.3. The zero-order chi connectivity index (χ0) is 32.0. The molecule has 4 saturated heterocycles. The van der Waals surface area contributed by atoms with Crippen LogP contribution in [0, 0.1) is 5.92 Å². The molecular weight excluding hydrogens is 566 g/mol. The van der Waals surface area contributed by atoms with Crippen LogP contribution in [0.25, 0.3) is 0 Å². The number of hydrogen-bond acceptors (Lipinski definition) is 9. The first-order chi connectivity index (χ1) is 20.8. The standard InChI is InChI=1S/C33H51N3O8/c1-21(7-10-28-22(2)17-27(24(4)43-28)34-30(38)12-9-23(3)42-25(5)37)8-11-29-32(40)33(20-41-33)19-26(44-29)18-31(39)36-15-13-35(6)14-16-36/h7-9,11-12,22-24,26-29,32,40H,10,13-20H2,1-6H3,(H,34,38)/t22-,23-,24+,26+,27+,28-,29+,32+,33+/m0/s1. The second kappa shape index (κ2) is 15.1. The molecule has 4 rings (SSSR count). The quantitative estimate of drug-likeness (QED) is 0.164. The molecule has 0 aromatic rings. The molecule has 4 aliphatic rings. The fraction of sp³-hybridized carbons (Fsp3) is 0.727. The number of aliphatic hydroxyl groups is 1. The molecule has 0 aromatic heterocycles. The van der Waals surface area contributed by atoms with E-state index in [1.54, 1.807) is 13.0 Å². The van der Waals surface area contributed by atoms with Gasteiger partial charge in [0, 0.05) is 45.6 Å². The summed E-state index contributed by atoms with van der Waals surface area (Å²) in [5, 5.41) is 14.0. The fourth-order valence-corrected chi connectivity index (χ4v) is 6.27. The highest BCUT2D eigenvalue weighted by Gasteiger charge is 2.58. The molecule has 4 aliphatic heterocycles. The Labute approximate surface area is 261 Å². The fourth-order valence-electron chi connectivity index (χ4n) is 6.27. The summed E-state index contributed by atoms with van der Waals surface area (Å²) in [7, 11) is 2.06. The molecule has 4 heterocycles. The Morgan fingerprint density at radius 2 is 1.82 bits per heavy atom. The summed E-state index contributed by atoms with van der Waals surface area (Å²) >= 11 is 0. The highest BCUT2D eigenvalue weighted by Crippen LogP contribution is 2.43. The number of epoxide rings is 1. The van der Waals surface area contributed by atoms with E-state index >= 15 is 0 Å². The van der Waals surface area contributed by atoms with Crippen LogP contribution in [0.15, 0.2) is 36.0 Å². The normalized spacial score (nSPS) is 35.7. The summed E-state index contributed by atoms with van der Waals surface area (Å²) in [6.07, 6.45) is 8.96. The minimum absolute atomic E-state index is 0.00524. The molecule has 0 saturated carbocycles. The molecule has 1 spiro atoms. The average Bonchev–Trinajstić information content (AvgIpc) is 3.74. The van der Waals surface area contributed by atoms with Crippen LogP contribution in [-0.2, 0) is 33.3 Å². The van der Waals surface area contributed by atoms with Crippen molar-refractivity contribution in [3.05, 3.63) is 36.0 Å². The van der Waals surface area contributed by atoms with Crippen LogP contribution in [0.4, 0.5) is 0 Å². The molecule has 0 bridgehead atoms. The van der Waals surface area contributed by atoms with Crippen molar-refractivity contribution in [2.24, 2.45) is 5.92 Å². The van der Waals surface area contributed by atoms with Gasteiger partial charge in [-0.15, -0.1) is 0 Å². The third kappa shape index (κ3) is 9.47. The van der Waals surface area contributed by atoms with Gasteiger partial charge in [0.05, 0.1) is 37.4 Å². The third-order valence-electron chi connectivity index (χ3n) is 9.18. The highest BCUT2D eigenvalue weighted by molar-refractivity contribution is 5.87. The van der Waals surface area contributed by atoms with E-state index in [2.05, 4.69) is 30.3 Å². The van der Waals surface area contributed by atoms with Crippen LogP contribution >= 0.6 is 0 Å². The minimum Gasteiger partial charge on any atom is -0.459 e. The number of piperazine rings is 1. The first-order valence-electron chi connectivity index (χ1n) is 16.0. The van der Waals surface area contributed by atoms with E-state index in [-0.39, 0.29) is 42.1 Å². The van der Waals surface area contributed by atoms with Gasteiger partial charge in [-0.1, -0.05) is 30.7 Å². The summed E-state index contributed by atoms with van der Waals surface area (Å²) < 4.78 is 23.3. The topological polar surface area (TPSA) is 130 Å². The lowest BCUT2D eigenvalue weighted by molar-refractivity contribution is -0.152. The number of nitrogens with one attached hydrogen (secondary N) is 1. The molecule has 2 N–H and O–H groups in total. The Balaban J connectivity index is 1.26. The summed E-state index contributed by atoms with van der Waals surface area (Å²) in [6.45, 7) is 12.8. The number of ether oxygens (including phenoxy) is 4. The smallest absolute Gasteiger partial charge is 0.303 e. The maximum Gasteiger partial charge on any atom is 0.303 e. The number of nitrogens with zero attached hydrogens (tertiary/aromatic N) is 2. The number of allylic oxidation sites excluding steroid dienone is 2. The molecule has 0 aliphatic carbocycles. The predicted octanol–water partition coefficient (Wildman–Crippen LogP) is 2.14. The van der Waals surface area contributed by atoms with Gasteiger partial charge in [0.15, 0.2) is 0 Å². The number of carbonyl (C=O) groups is 3. The van der Waals surface area contributed by atoms with Gasteiger partial charge in [-0.3, -0.25) is 14.4 Å². The molecular formula is C33H51N3O8. The number of aliphatic hydroxyl groups excluding tert-OH is 1. The zero-order valence-electron chi connectivity index (χ0n) is 27.1. The van der Waals surface area contributed by atoms with Gasteiger partial charge in [-0.2, -0.15) is 0 Å². The molecule has 11 heteroatoms. The number of rotatable bonds is 10. The predicted molar refractivity (Wildman–Crippen MR) is 165 cm³/mol. The van der Waals surface area contributed by atoms with E-state index in [1.165, 1.54) is 13.0 Å². The van der Waals surface area contributed by atoms with Crippen molar-refractivity contribution >= 4 is 17.8 Å². The third-order valence-corrected chi connectivity index (χ3v) is 9.18. The highest BCUT2D eigenvalue weighted by atomic mass is 16.6. The van der Waals surface area contributed by atoms with Crippen molar-refractivity contribution in [2.45, 2.75) is 109 Å². The number of amides is 2. The van der Waals surface area contributed by atoms with Gasteiger partial charge in [0.25, 0.3) is 0 Å². The second-order valence-corrected chi connectivity index (χ2v) is 13.0. The lowest BCUT2D eigenvalue weighted by Gasteiger charge is -2.39. The van der Waals surface area contributed by atoms with Gasteiger partial charge >= 0.3 is 5.97 Å². The summed E-state index contributed by atoms with van der Waals surface area (Å²) in [4.78, 5) is 40.5. The van der Waals surface area contributed by atoms with Crippen LogP contribution in [0.3, 0.4) is 0 Å². The molecule has 44 heavy (non-hydrogen) atoms. The Hall–Kier alpha value is -2.57. The van der Waals surface area contributed by atoms with Crippen molar-refractivity contribution in [1.29, 1.82) is 0 Å². The van der Waals surface area contributed by atoms with Gasteiger partial charge in [-0.05, 0) is 52.7 Å². The molecule has 0 unspecified atom stereocenters. The molecule has 4 fully saturated rings. The molecule has 11 nitrogen and oxygen atoms in total. The van der Waals surface area contributed by atoms with E-state index in [0.717, 1.165) is 38.2 Å². The molecule has 0 aromatic carbocycles. The van der Waals surface area contributed by atoms with Crippen LogP contribution in [0.1, 0.15) is 60.3 Å². The zero-order valence-corrected chi connectivity index (χ0v) is 27.1. The van der Waals surface area contributed by atoms with Crippen molar-refractivity contribution in [2.75, 3.05) is 39.8 Å². The summed E-state index contributed by atoms with van der Waals surface area (Å²) in [5.74, 6) is -0.317. The van der Waals surface area contributed by atoms with Crippen molar-refractivity contribution in [1.82, 2.24) is 15.1 Å². The number of hydrogen-bond donors (Lipinski definition) is 2. The van der Waals surface area contributed by atoms with Gasteiger partial charge in [-0.25, -0.2) is 0 Å². The Morgan fingerprint density at radius 3 is 2.48 bits per heavy atom. The largest absolute Gasteiger partial charge is 0.459 e. The van der Waals surface area contributed by atoms with E-state index < -0.39 is 29.9 Å². The van der Waals surface area contributed by atoms with E-state index in [0.29, 0.717) is 25.9 Å².